The number of benzene rings is 1. The van der Waals surface area contributed by atoms with E-state index in [2.05, 4.69) is 4.90 Å². The van der Waals surface area contributed by atoms with Crippen molar-refractivity contribution in [1.29, 1.82) is 0 Å². The van der Waals surface area contributed by atoms with Gasteiger partial charge in [-0.15, -0.1) is 0 Å². The zero-order valence-electron chi connectivity index (χ0n) is 9.28. The van der Waals surface area contributed by atoms with Crippen molar-refractivity contribution >= 4 is 11.6 Å². The molecule has 15 heavy (non-hydrogen) atoms. The van der Waals surface area contributed by atoms with Crippen LogP contribution in [0.3, 0.4) is 0 Å². The van der Waals surface area contributed by atoms with E-state index in [-0.39, 0.29) is 12.5 Å². The molecule has 1 N–H and O–H groups in total. The summed E-state index contributed by atoms with van der Waals surface area (Å²) in [6.07, 6.45) is 0.870. The molecule has 0 aromatic heterocycles. The number of rotatable bonds is 5. The molecule has 1 atom stereocenters. The molecule has 0 aliphatic rings. The van der Waals surface area contributed by atoms with Crippen LogP contribution in [0.15, 0.2) is 24.3 Å². The average molecular weight is 228 g/mol. The van der Waals surface area contributed by atoms with Crippen LogP contribution in [0.4, 0.5) is 0 Å². The number of hydrogen-bond donors (Lipinski definition) is 1. The normalized spacial score (nSPS) is 13.1. The number of halogens is 1. The smallest absolute Gasteiger partial charge is 0.0474 e. The van der Waals surface area contributed by atoms with Crippen molar-refractivity contribution in [3.63, 3.8) is 0 Å². The zero-order valence-corrected chi connectivity index (χ0v) is 10.0. The van der Waals surface area contributed by atoms with Gasteiger partial charge in [0.05, 0.1) is 0 Å². The molecule has 2 nitrogen and oxygen atoms in total. The number of hydrogen-bond acceptors (Lipinski definition) is 2. The Hall–Kier alpha value is -0.570. The maximum Gasteiger partial charge on any atom is 0.0474 e. The van der Waals surface area contributed by atoms with E-state index in [1.54, 1.807) is 0 Å². The highest BCUT2D eigenvalue weighted by molar-refractivity contribution is 6.30. The summed E-state index contributed by atoms with van der Waals surface area (Å²) in [4.78, 5) is 2.09. The summed E-state index contributed by atoms with van der Waals surface area (Å²) in [5.41, 5.74) is 1.18. The quantitative estimate of drug-likeness (QED) is 0.833. The van der Waals surface area contributed by atoms with Gasteiger partial charge in [-0.3, -0.25) is 0 Å². The second-order valence-corrected chi connectivity index (χ2v) is 4.58. The molecule has 0 spiro atoms. The summed E-state index contributed by atoms with van der Waals surface area (Å²) in [6.45, 7) is 1.10. The second kappa shape index (κ2) is 6.11. The van der Waals surface area contributed by atoms with Crippen LogP contribution < -0.4 is 0 Å². The predicted molar refractivity (Wildman–Crippen MR) is 64.3 cm³/mol. The fourth-order valence-corrected chi connectivity index (χ4v) is 1.91. The Bertz CT molecular complexity index is 301. The first-order chi connectivity index (χ1) is 7.11. The molecule has 1 aromatic carbocycles. The first-order valence-corrected chi connectivity index (χ1v) is 5.49. The zero-order chi connectivity index (χ0) is 11.3. The molecule has 84 valence electrons. The first-order valence-electron chi connectivity index (χ1n) is 5.12. The molecule has 0 bridgehead atoms. The molecule has 3 heteroatoms. The monoisotopic (exact) mass is 227 g/mol. The van der Waals surface area contributed by atoms with Gasteiger partial charge in [0, 0.05) is 18.2 Å². The highest BCUT2D eigenvalue weighted by atomic mass is 35.5. The molecule has 0 radical (unpaired) electrons. The molecule has 0 saturated carbocycles. The molecular weight excluding hydrogens is 210 g/mol. The van der Waals surface area contributed by atoms with Crippen molar-refractivity contribution in [2.24, 2.45) is 5.92 Å². The van der Waals surface area contributed by atoms with E-state index in [0.717, 1.165) is 18.0 Å². The van der Waals surface area contributed by atoms with Crippen LogP contribution in [0, 0.1) is 5.92 Å². The van der Waals surface area contributed by atoms with Crippen LogP contribution in [0.25, 0.3) is 0 Å². The topological polar surface area (TPSA) is 23.5 Å². The molecule has 0 saturated heterocycles. The second-order valence-electron chi connectivity index (χ2n) is 4.14. The van der Waals surface area contributed by atoms with Crippen molar-refractivity contribution in [3.8, 4) is 0 Å². The highest BCUT2D eigenvalue weighted by Crippen LogP contribution is 2.14. The van der Waals surface area contributed by atoms with Crippen LogP contribution in [0.1, 0.15) is 5.56 Å². The van der Waals surface area contributed by atoms with Gasteiger partial charge in [-0.1, -0.05) is 23.7 Å². The van der Waals surface area contributed by atoms with Crippen LogP contribution >= 0.6 is 11.6 Å². The SMILES string of the molecule is CN(C)CC(CO)Cc1cccc(Cl)c1. The predicted octanol–water partition coefficient (Wildman–Crippen LogP) is 2.05. The third-order valence-electron chi connectivity index (χ3n) is 2.29. The minimum Gasteiger partial charge on any atom is -0.396 e. The minimum atomic E-state index is 0.213. The number of nitrogens with zero attached hydrogens (tertiary/aromatic N) is 1. The lowest BCUT2D eigenvalue weighted by molar-refractivity contribution is 0.192. The van der Waals surface area contributed by atoms with Crippen LogP contribution in [0.5, 0.6) is 0 Å². The summed E-state index contributed by atoms with van der Waals surface area (Å²) in [5.74, 6) is 0.276. The van der Waals surface area contributed by atoms with Gasteiger partial charge < -0.3 is 10.0 Å². The Morgan fingerprint density at radius 2 is 2.13 bits per heavy atom. The first kappa shape index (κ1) is 12.5. The molecule has 1 unspecified atom stereocenters. The molecule has 0 amide bonds. The lowest BCUT2D eigenvalue weighted by Gasteiger charge is -2.18. The standard InChI is InChI=1S/C12H18ClNO/c1-14(2)8-11(9-15)6-10-4-3-5-12(13)7-10/h3-5,7,11,15H,6,8-9H2,1-2H3. The fourth-order valence-electron chi connectivity index (χ4n) is 1.70. The molecule has 1 aromatic rings. The molecule has 0 aliphatic heterocycles. The molecule has 1 rings (SSSR count). The van der Waals surface area contributed by atoms with E-state index in [1.165, 1.54) is 5.56 Å². The lowest BCUT2D eigenvalue weighted by Crippen LogP contribution is -2.25. The van der Waals surface area contributed by atoms with Crippen LogP contribution in [-0.2, 0) is 6.42 Å². The number of aliphatic hydroxyl groups excluding tert-OH is 1. The summed E-state index contributed by atoms with van der Waals surface area (Å²) in [6, 6.07) is 7.82. The summed E-state index contributed by atoms with van der Waals surface area (Å²) in [7, 11) is 4.03. The van der Waals surface area contributed by atoms with Gasteiger partial charge in [0.2, 0.25) is 0 Å². The van der Waals surface area contributed by atoms with Gasteiger partial charge in [0.1, 0.15) is 0 Å². The van der Waals surface area contributed by atoms with E-state index in [4.69, 9.17) is 11.6 Å². The number of aliphatic hydroxyl groups is 1. The maximum absolute atomic E-state index is 9.25. The van der Waals surface area contributed by atoms with Crippen LogP contribution in [-0.4, -0.2) is 37.3 Å². The van der Waals surface area contributed by atoms with Gasteiger partial charge in [-0.05, 0) is 44.1 Å². The minimum absolute atomic E-state index is 0.213. The Labute approximate surface area is 96.5 Å². The van der Waals surface area contributed by atoms with E-state index >= 15 is 0 Å². The largest absolute Gasteiger partial charge is 0.396 e. The highest BCUT2D eigenvalue weighted by Gasteiger charge is 2.09. The van der Waals surface area contributed by atoms with E-state index < -0.39 is 0 Å². The van der Waals surface area contributed by atoms with Crippen molar-refractivity contribution in [3.05, 3.63) is 34.9 Å². The van der Waals surface area contributed by atoms with Crippen molar-refractivity contribution in [1.82, 2.24) is 4.90 Å². The van der Waals surface area contributed by atoms with E-state index in [9.17, 15) is 5.11 Å². The van der Waals surface area contributed by atoms with Crippen molar-refractivity contribution in [2.45, 2.75) is 6.42 Å². The molecule has 0 fully saturated rings. The van der Waals surface area contributed by atoms with Gasteiger partial charge in [-0.25, -0.2) is 0 Å². The molecule has 0 heterocycles. The van der Waals surface area contributed by atoms with E-state index in [1.807, 2.05) is 38.4 Å². The summed E-state index contributed by atoms with van der Waals surface area (Å²) in [5, 5.41) is 10.0. The average Bonchev–Trinajstić information content (AvgIpc) is 2.16. The van der Waals surface area contributed by atoms with Gasteiger partial charge in [0.15, 0.2) is 0 Å². The maximum atomic E-state index is 9.25. The Morgan fingerprint density at radius 3 is 2.67 bits per heavy atom. The third kappa shape index (κ3) is 4.65. The van der Waals surface area contributed by atoms with Crippen LogP contribution in [0.2, 0.25) is 5.02 Å². The van der Waals surface area contributed by atoms with Crippen molar-refractivity contribution < 1.29 is 5.11 Å². The van der Waals surface area contributed by atoms with E-state index in [0.29, 0.717) is 0 Å². The third-order valence-corrected chi connectivity index (χ3v) is 2.53. The van der Waals surface area contributed by atoms with Gasteiger partial charge in [0.25, 0.3) is 0 Å². The van der Waals surface area contributed by atoms with Gasteiger partial charge >= 0.3 is 0 Å². The van der Waals surface area contributed by atoms with Crippen molar-refractivity contribution in [2.75, 3.05) is 27.2 Å². The molecular formula is C12H18ClNO. The summed E-state index contributed by atoms with van der Waals surface area (Å²) >= 11 is 5.90. The lowest BCUT2D eigenvalue weighted by atomic mass is 10.00. The van der Waals surface area contributed by atoms with Gasteiger partial charge in [-0.2, -0.15) is 0 Å². The Balaban J connectivity index is 2.58. The summed E-state index contributed by atoms with van der Waals surface area (Å²) < 4.78 is 0. The Morgan fingerprint density at radius 1 is 1.40 bits per heavy atom. The Kier molecular flexibility index (Phi) is 5.09. The molecule has 0 aliphatic carbocycles. The fraction of sp³-hybridized carbons (Fsp3) is 0.500.